The highest BCUT2D eigenvalue weighted by Crippen LogP contribution is 2.13. The molecule has 0 aliphatic heterocycles. The van der Waals surface area contributed by atoms with Gasteiger partial charge in [0.15, 0.2) is 5.69 Å². The first kappa shape index (κ1) is 15.8. The van der Waals surface area contributed by atoms with E-state index in [1.807, 2.05) is 27.0 Å². The van der Waals surface area contributed by atoms with Crippen molar-refractivity contribution in [3.05, 3.63) is 17.7 Å². The number of nitrogen functional groups attached to an aromatic ring is 1. The SMILES string of the molecule is CSCCC(C)NC(=O)c1nc(C(C)C)ncc1N. The Morgan fingerprint density at radius 1 is 1.47 bits per heavy atom. The lowest BCUT2D eigenvalue weighted by atomic mass is 10.2. The van der Waals surface area contributed by atoms with E-state index < -0.39 is 0 Å². The van der Waals surface area contributed by atoms with Gasteiger partial charge in [-0.25, -0.2) is 9.97 Å². The molecule has 106 valence electrons. The minimum absolute atomic E-state index is 0.108. The molecule has 1 aromatic rings. The number of nitrogens with zero attached hydrogens (tertiary/aromatic N) is 2. The molecule has 1 heterocycles. The van der Waals surface area contributed by atoms with Gasteiger partial charge < -0.3 is 11.1 Å². The zero-order chi connectivity index (χ0) is 14.4. The maximum atomic E-state index is 12.1. The minimum Gasteiger partial charge on any atom is -0.396 e. The Bertz CT molecular complexity index is 437. The van der Waals surface area contributed by atoms with Crippen molar-refractivity contribution in [1.29, 1.82) is 0 Å². The second kappa shape index (κ2) is 7.33. The van der Waals surface area contributed by atoms with E-state index in [2.05, 4.69) is 15.3 Å². The molecule has 0 spiro atoms. The number of nitrogens with two attached hydrogens (primary N) is 1. The summed E-state index contributed by atoms with van der Waals surface area (Å²) in [4.78, 5) is 20.5. The average molecular weight is 282 g/mol. The maximum absolute atomic E-state index is 12.1. The van der Waals surface area contributed by atoms with E-state index in [-0.39, 0.29) is 23.6 Å². The van der Waals surface area contributed by atoms with Crippen LogP contribution < -0.4 is 11.1 Å². The fraction of sp³-hybridized carbons (Fsp3) is 0.615. The number of anilines is 1. The maximum Gasteiger partial charge on any atom is 0.272 e. The van der Waals surface area contributed by atoms with Crippen LogP contribution in [0.15, 0.2) is 6.20 Å². The molecule has 0 fully saturated rings. The van der Waals surface area contributed by atoms with Gasteiger partial charge in [-0.3, -0.25) is 4.79 Å². The summed E-state index contributed by atoms with van der Waals surface area (Å²) < 4.78 is 0. The molecule has 1 atom stereocenters. The van der Waals surface area contributed by atoms with Crippen LogP contribution in [0.5, 0.6) is 0 Å². The fourth-order valence-electron chi connectivity index (χ4n) is 1.52. The van der Waals surface area contributed by atoms with Crippen LogP contribution in [0, 0.1) is 0 Å². The van der Waals surface area contributed by atoms with Gasteiger partial charge in [-0.2, -0.15) is 11.8 Å². The Hall–Kier alpha value is -1.30. The summed E-state index contributed by atoms with van der Waals surface area (Å²) in [6, 6.07) is 0.108. The van der Waals surface area contributed by atoms with Crippen LogP contribution in [0.3, 0.4) is 0 Å². The number of nitrogens with one attached hydrogen (secondary N) is 1. The van der Waals surface area contributed by atoms with Crippen LogP contribution in [0.4, 0.5) is 5.69 Å². The molecule has 0 aromatic carbocycles. The molecule has 0 bridgehead atoms. The lowest BCUT2D eigenvalue weighted by Crippen LogP contribution is -2.34. The van der Waals surface area contributed by atoms with Crippen LogP contribution in [0.2, 0.25) is 0 Å². The highest BCUT2D eigenvalue weighted by Gasteiger charge is 2.16. The summed E-state index contributed by atoms with van der Waals surface area (Å²) in [7, 11) is 0. The van der Waals surface area contributed by atoms with Gasteiger partial charge in [-0.1, -0.05) is 13.8 Å². The van der Waals surface area contributed by atoms with E-state index >= 15 is 0 Å². The van der Waals surface area contributed by atoms with Crippen molar-refractivity contribution in [2.45, 2.75) is 39.2 Å². The van der Waals surface area contributed by atoms with Crippen LogP contribution in [-0.4, -0.2) is 33.9 Å². The van der Waals surface area contributed by atoms with E-state index in [4.69, 9.17) is 5.73 Å². The Balaban J connectivity index is 2.78. The van der Waals surface area contributed by atoms with Crippen molar-refractivity contribution in [2.75, 3.05) is 17.7 Å². The number of thioether (sulfide) groups is 1. The van der Waals surface area contributed by atoms with Gasteiger partial charge >= 0.3 is 0 Å². The van der Waals surface area contributed by atoms with E-state index in [9.17, 15) is 4.79 Å². The molecule has 6 heteroatoms. The largest absolute Gasteiger partial charge is 0.396 e. The van der Waals surface area contributed by atoms with Crippen LogP contribution >= 0.6 is 11.8 Å². The molecular weight excluding hydrogens is 260 g/mol. The van der Waals surface area contributed by atoms with Crippen molar-refractivity contribution in [1.82, 2.24) is 15.3 Å². The molecule has 0 radical (unpaired) electrons. The number of carbonyl (C=O) groups excluding carboxylic acids is 1. The standard InChI is InChI=1S/C13H22N4OS/c1-8(2)12-15-7-10(14)11(17-12)13(18)16-9(3)5-6-19-4/h7-9H,5-6,14H2,1-4H3,(H,16,18). The lowest BCUT2D eigenvalue weighted by molar-refractivity contribution is 0.0935. The monoisotopic (exact) mass is 282 g/mol. The minimum atomic E-state index is -0.226. The third kappa shape index (κ3) is 4.70. The molecule has 0 aliphatic carbocycles. The van der Waals surface area contributed by atoms with Gasteiger partial charge in [0.2, 0.25) is 0 Å². The van der Waals surface area contributed by atoms with Crippen molar-refractivity contribution >= 4 is 23.4 Å². The summed E-state index contributed by atoms with van der Waals surface area (Å²) >= 11 is 1.76. The van der Waals surface area contributed by atoms with Crippen molar-refractivity contribution < 1.29 is 4.79 Å². The molecule has 1 aromatic heterocycles. The predicted molar refractivity (Wildman–Crippen MR) is 80.5 cm³/mol. The van der Waals surface area contributed by atoms with Crippen molar-refractivity contribution in [3.63, 3.8) is 0 Å². The van der Waals surface area contributed by atoms with Crippen LogP contribution in [0.1, 0.15) is 49.4 Å². The topological polar surface area (TPSA) is 80.9 Å². The third-order valence-electron chi connectivity index (χ3n) is 2.70. The normalized spacial score (nSPS) is 12.5. The van der Waals surface area contributed by atoms with Gasteiger partial charge in [-0.05, 0) is 25.4 Å². The molecule has 1 rings (SSSR count). The molecule has 1 amide bonds. The fourth-order valence-corrected chi connectivity index (χ4v) is 2.11. The van der Waals surface area contributed by atoms with Gasteiger partial charge in [0.05, 0.1) is 11.9 Å². The Labute approximate surface area is 118 Å². The zero-order valence-electron chi connectivity index (χ0n) is 11.9. The highest BCUT2D eigenvalue weighted by molar-refractivity contribution is 7.98. The Kier molecular flexibility index (Phi) is 6.08. The second-order valence-electron chi connectivity index (χ2n) is 4.84. The van der Waals surface area contributed by atoms with E-state index in [0.717, 1.165) is 12.2 Å². The van der Waals surface area contributed by atoms with E-state index in [0.29, 0.717) is 11.5 Å². The van der Waals surface area contributed by atoms with E-state index in [1.165, 1.54) is 6.20 Å². The molecule has 5 nitrogen and oxygen atoms in total. The number of rotatable bonds is 6. The number of hydrogen-bond donors (Lipinski definition) is 2. The average Bonchev–Trinajstić information content (AvgIpc) is 2.36. The molecule has 1 unspecified atom stereocenters. The molecule has 0 saturated carbocycles. The number of hydrogen-bond acceptors (Lipinski definition) is 5. The van der Waals surface area contributed by atoms with Gasteiger partial charge in [0.25, 0.3) is 5.91 Å². The predicted octanol–water partition coefficient (Wildman–Crippen LogP) is 2.05. The van der Waals surface area contributed by atoms with Crippen LogP contribution in [-0.2, 0) is 0 Å². The third-order valence-corrected chi connectivity index (χ3v) is 3.34. The molecule has 0 saturated heterocycles. The summed E-state index contributed by atoms with van der Waals surface area (Å²) in [5.74, 6) is 1.59. The molecule has 0 aliphatic rings. The number of aromatic nitrogens is 2. The first-order valence-corrected chi connectivity index (χ1v) is 7.77. The first-order valence-electron chi connectivity index (χ1n) is 6.38. The van der Waals surface area contributed by atoms with Crippen molar-refractivity contribution in [2.24, 2.45) is 0 Å². The summed E-state index contributed by atoms with van der Waals surface area (Å²) in [5.41, 5.74) is 6.37. The quantitative estimate of drug-likeness (QED) is 0.834. The zero-order valence-corrected chi connectivity index (χ0v) is 12.8. The summed E-state index contributed by atoms with van der Waals surface area (Å²) in [6.45, 7) is 5.94. The van der Waals surface area contributed by atoms with Crippen LogP contribution in [0.25, 0.3) is 0 Å². The van der Waals surface area contributed by atoms with Gasteiger partial charge in [-0.15, -0.1) is 0 Å². The first-order chi connectivity index (χ1) is 8.95. The summed E-state index contributed by atoms with van der Waals surface area (Å²) in [5, 5.41) is 2.92. The van der Waals surface area contributed by atoms with Gasteiger partial charge in [0.1, 0.15) is 5.82 Å². The Morgan fingerprint density at radius 3 is 2.74 bits per heavy atom. The van der Waals surface area contributed by atoms with E-state index in [1.54, 1.807) is 11.8 Å². The lowest BCUT2D eigenvalue weighted by Gasteiger charge is -2.14. The Morgan fingerprint density at radius 2 is 2.16 bits per heavy atom. The molecule has 3 N–H and O–H groups in total. The second-order valence-corrected chi connectivity index (χ2v) is 5.83. The van der Waals surface area contributed by atoms with Gasteiger partial charge in [0, 0.05) is 12.0 Å². The molecular formula is C13H22N4OS. The molecule has 19 heavy (non-hydrogen) atoms. The number of amides is 1. The number of carbonyl (C=O) groups is 1. The highest BCUT2D eigenvalue weighted by atomic mass is 32.2. The summed E-state index contributed by atoms with van der Waals surface area (Å²) in [6.07, 6.45) is 4.48. The smallest absolute Gasteiger partial charge is 0.272 e. The van der Waals surface area contributed by atoms with Crippen molar-refractivity contribution in [3.8, 4) is 0 Å².